The van der Waals surface area contributed by atoms with Crippen LogP contribution in [0.1, 0.15) is 22.3 Å². The number of carbonyl (C=O) groups excluding carboxylic acids is 2. The Morgan fingerprint density at radius 2 is 2.04 bits per heavy atom. The number of carbonyl (C=O) groups is 2. The number of nitrogens with zero attached hydrogens (tertiary/aromatic N) is 2. The number of hydrogen-bond acceptors (Lipinski definition) is 5. The molecule has 1 atom stereocenters. The molecule has 1 aromatic carbocycles. The summed E-state index contributed by atoms with van der Waals surface area (Å²) in [5.41, 5.74) is 1.40. The van der Waals surface area contributed by atoms with Crippen molar-refractivity contribution in [2.45, 2.75) is 20.0 Å². The summed E-state index contributed by atoms with van der Waals surface area (Å²) in [7, 11) is 3.23. The van der Waals surface area contributed by atoms with E-state index in [1.165, 1.54) is 16.2 Å². The Morgan fingerprint density at radius 1 is 1.35 bits per heavy atom. The van der Waals surface area contributed by atoms with Gasteiger partial charge in [-0.25, -0.2) is 9.78 Å². The van der Waals surface area contributed by atoms with Crippen LogP contribution in [0.5, 0.6) is 0 Å². The highest BCUT2D eigenvalue weighted by molar-refractivity contribution is 7.17. The lowest BCUT2D eigenvalue weighted by Crippen LogP contribution is -2.34. The van der Waals surface area contributed by atoms with Gasteiger partial charge in [0.15, 0.2) is 6.10 Å². The molecule has 0 aliphatic rings. The third kappa shape index (κ3) is 4.09. The van der Waals surface area contributed by atoms with E-state index in [9.17, 15) is 9.59 Å². The molecule has 0 bridgehead atoms. The molecule has 0 unspecified atom stereocenters. The monoisotopic (exact) mass is 352 g/mol. The van der Waals surface area contributed by atoms with Gasteiger partial charge in [-0.2, -0.15) is 0 Å². The van der Waals surface area contributed by atoms with E-state index in [4.69, 9.17) is 16.3 Å². The van der Waals surface area contributed by atoms with E-state index < -0.39 is 12.1 Å². The quantitative estimate of drug-likeness (QED) is 0.791. The van der Waals surface area contributed by atoms with Crippen LogP contribution in [-0.4, -0.2) is 42.0 Å². The molecule has 2 aromatic rings. The number of benzene rings is 1. The van der Waals surface area contributed by atoms with Crippen LogP contribution < -0.4 is 0 Å². The highest BCUT2D eigenvalue weighted by Crippen LogP contribution is 2.30. The van der Waals surface area contributed by atoms with Crippen molar-refractivity contribution in [1.82, 2.24) is 9.88 Å². The van der Waals surface area contributed by atoms with Crippen LogP contribution in [0.15, 0.2) is 24.3 Å². The number of aryl methyl sites for hydroxylation is 1. The number of esters is 1. The van der Waals surface area contributed by atoms with E-state index in [1.807, 2.05) is 12.1 Å². The minimum Gasteiger partial charge on any atom is -0.448 e. The van der Waals surface area contributed by atoms with Crippen molar-refractivity contribution < 1.29 is 14.3 Å². The Morgan fingerprint density at radius 3 is 2.65 bits per heavy atom. The maximum absolute atomic E-state index is 12.3. The molecule has 0 spiro atoms. The molecule has 1 aromatic heterocycles. The zero-order valence-corrected chi connectivity index (χ0v) is 14.9. The van der Waals surface area contributed by atoms with Crippen LogP contribution >= 0.6 is 22.9 Å². The lowest BCUT2D eigenvalue weighted by molar-refractivity contribution is -0.137. The number of hydrogen-bond donors (Lipinski definition) is 0. The molecule has 122 valence electrons. The van der Waals surface area contributed by atoms with Crippen LogP contribution in [0.3, 0.4) is 0 Å². The Kier molecular flexibility index (Phi) is 5.38. The molecular formula is C16H17ClN2O3S. The minimum absolute atomic E-state index is 0.268. The van der Waals surface area contributed by atoms with Crippen molar-refractivity contribution in [1.29, 1.82) is 0 Å². The maximum atomic E-state index is 12.3. The standard InChI is InChI=1S/C16H17ClN2O3S/c1-9-13(16(21)22-10(2)15(20)19(3)4)23-14(18-9)11-6-5-7-12(17)8-11/h5-8,10H,1-4H3/t10-/m0/s1. The van der Waals surface area contributed by atoms with E-state index in [1.54, 1.807) is 40.1 Å². The molecular weight excluding hydrogens is 336 g/mol. The second-order valence-electron chi connectivity index (χ2n) is 5.22. The van der Waals surface area contributed by atoms with Gasteiger partial charge >= 0.3 is 5.97 Å². The Hall–Kier alpha value is -1.92. The SMILES string of the molecule is Cc1nc(-c2cccc(Cl)c2)sc1C(=O)O[C@@H](C)C(=O)N(C)C. The van der Waals surface area contributed by atoms with E-state index in [0.29, 0.717) is 20.6 Å². The molecule has 0 aliphatic heterocycles. The van der Waals surface area contributed by atoms with Crippen molar-refractivity contribution in [3.8, 4) is 10.6 Å². The molecule has 2 rings (SSSR count). The predicted octanol–water partition coefficient (Wildman–Crippen LogP) is 3.41. The first-order valence-corrected chi connectivity index (χ1v) is 8.14. The van der Waals surface area contributed by atoms with Gasteiger partial charge in [-0.1, -0.05) is 23.7 Å². The van der Waals surface area contributed by atoms with Crippen LogP contribution in [0.4, 0.5) is 0 Å². The summed E-state index contributed by atoms with van der Waals surface area (Å²) in [6.07, 6.45) is -0.839. The van der Waals surface area contributed by atoms with E-state index in [2.05, 4.69) is 4.98 Å². The summed E-state index contributed by atoms with van der Waals surface area (Å²) in [5.74, 6) is -0.813. The van der Waals surface area contributed by atoms with Gasteiger partial charge in [0.1, 0.15) is 9.88 Å². The molecule has 5 nitrogen and oxygen atoms in total. The Bertz CT molecular complexity index is 743. The maximum Gasteiger partial charge on any atom is 0.351 e. The first kappa shape index (κ1) is 17.4. The summed E-state index contributed by atoms with van der Waals surface area (Å²) >= 11 is 7.20. The van der Waals surface area contributed by atoms with Crippen LogP contribution in [0.2, 0.25) is 5.02 Å². The zero-order valence-electron chi connectivity index (χ0n) is 13.3. The first-order valence-electron chi connectivity index (χ1n) is 6.95. The fourth-order valence-electron chi connectivity index (χ4n) is 1.96. The summed E-state index contributed by atoms with van der Waals surface area (Å²) in [6, 6.07) is 7.25. The molecule has 23 heavy (non-hydrogen) atoms. The summed E-state index contributed by atoms with van der Waals surface area (Å²) in [4.78, 5) is 30.2. The van der Waals surface area contributed by atoms with Gasteiger partial charge < -0.3 is 9.64 Å². The summed E-state index contributed by atoms with van der Waals surface area (Å²) < 4.78 is 5.23. The number of thiazole rings is 1. The van der Waals surface area contributed by atoms with Crippen molar-refractivity contribution >= 4 is 34.8 Å². The molecule has 0 aliphatic carbocycles. The largest absolute Gasteiger partial charge is 0.448 e. The van der Waals surface area contributed by atoms with Crippen LogP contribution in [-0.2, 0) is 9.53 Å². The highest BCUT2D eigenvalue weighted by atomic mass is 35.5. The van der Waals surface area contributed by atoms with E-state index >= 15 is 0 Å². The molecule has 0 saturated heterocycles. The summed E-state index contributed by atoms with van der Waals surface area (Å²) in [5, 5.41) is 1.29. The fraction of sp³-hybridized carbons (Fsp3) is 0.312. The van der Waals surface area contributed by atoms with Crippen molar-refractivity contribution in [2.75, 3.05) is 14.1 Å². The molecule has 7 heteroatoms. The van der Waals surface area contributed by atoms with Gasteiger partial charge in [-0.3, -0.25) is 4.79 Å². The van der Waals surface area contributed by atoms with Gasteiger partial charge in [0.2, 0.25) is 0 Å². The molecule has 0 radical (unpaired) electrons. The molecule has 0 fully saturated rings. The van der Waals surface area contributed by atoms with Crippen LogP contribution in [0.25, 0.3) is 10.6 Å². The molecule has 0 saturated carbocycles. The smallest absolute Gasteiger partial charge is 0.351 e. The predicted molar refractivity (Wildman–Crippen MR) is 90.9 cm³/mol. The van der Waals surface area contributed by atoms with Gasteiger partial charge in [-0.05, 0) is 26.0 Å². The Balaban J connectivity index is 2.21. The van der Waals surface area contributed by atoms with Crippen LogP contribution in [0, 0.1) is 6.92 Å². The minimum atomic E-state index is -0.839. The zero-order chi connectivity index (χ0) is 17.1. The first-order chi connectivity index (χ1) is 10.8. The number of likely N-dealkylation sites (N-methyl/N-ethyl adjacent to an activating group) is 1. The average molecular weight is 353 g/mol. The second kappa shape index (κ2) is 7.10. The fourth-order valence-corrected chi connectivity index (χ4v) is 3.09. The van der Waals surface area contributed by atoms with Gasteiger partial charge in [-0.15, -0.1) is 11.3 Å². The van der Waals surface area contributed by atoms with E-state index in [-0.39, 0.29) is 5.91 Å². The number of halogens is 1. The van der Waals surface area contributed by atoms with E-state index in [0.717, 1.165) is 5.56 Å². The number of amides is 1. The number of rotatable bonds is 4. The normalized spacial score (nSPS) is 11.9. The lowest BCUT2D eigenvalue weighted by Gasteiger charge is -2.16. The molecule has 1 amide bonds. The number of aromatic nitrogens is 1. The third-order valence-corrected chi connectivity index (χ3v) is 4.55. The van der Waals surface area contributed by atoms with Crippen molar-refractivity contribution in [2.24, 2.45) is 0 Å². The Labute approximate surface area is 143 Å². The molecule has 1 heterocycles. The van der Waals surface area contributed by atoms with Gasteiger partial charge in [0.05, 0.1) is 5.69 Å². The van der Waals surface area contributed by atoms with Crippen molar-refractivity contribution in [3.63, 3.8) is 0 Å². The van der Waals surface area contributed by atoms with Gasteiger partial charge in [0.25, 0.3) is 5.91 Å². The molecule has 0 N–H and O–H groups in total. The average Bonchev–Trinajstić information content (AvgIpc) is 2.88. The lowest BCUT2D eigenvalue weighted by atomic mass is 10.2. The summed E-state index contributed by atoms with van der Waals surface area (Å²) in [6.45, 7) is 3.29. The topological polar surface area (TPSA) is 59.5 Å². The number of ether oxygens (including phenoxy) is 1. The highest BCUT2D eigenvalue weighted by Gasteiger charge is 2.24. The third-order valence-electron chi connectivity index (χ3n) is 3.13. The van der Waals surface area contributed by atoms with Gasteiger partial charge in [0, 0.05) is 24.7 Å². The van der Waals surface area contributed by atoms with Crippen molar-refractivity contribution in [3.05, 3.63) is 39.9 Å². The second-order valence-corrected chi connectivity index (χ2v) is 6.66.